The Balaban J connectivity index is 1.81. The molecule has 0 fully saturated rings. The van der Waals surface area contributed by atoms with Crippen molar-refractivity contribution in [1.29, 1.82) is 0 Å². The van der Waals surface area contributed by atoms with Crippen LogP contribution in [0.2, 0.25) is 0 Å². The molecule has 4 rings (SSSR count). The second-order valence-electron chi connectivity index (χ2n) is 8.14. The summed E-state index contributed by atoms with van der Waals surface area (Å²) >= 11 is 0. The first-order valence-electron chi connectivity index (χ1n) is 10.9. The summed E-state index contributed by atoms with van der Waals surface area (Å²) < 4.78 is 12.8. The summed E-state index contributed by atoms with van der Waals surface area (Å²) in [4.78, 5) is 9.47. The first-order valence-corrected chi connectivity index (χ1v) is 10.9. The minimum atomic E-state index is 0.381. The van der Waals surface area contributed by atoms with Crippen molar-refractivity contribution < 1.29 is 9.47 Å². The molecule has 0 aliphatic carbocycles. The van der Waals surface area contributed by atoms with Gasteiger partial charge in [0, 0.05) is 37.5 Å². The quantitative estimate of drug-likeness (QED) is 0.433. The molecule has 0 atom stereocenters. The third kappa shape index (κ3) is 5.21. The molecule has 0 aliphatic heterocycles. The number of ether oxygens (including phenoxy) is 2. The van der Waals surface area contributed by atoms with Crippen LogP contribution in [-0.4, -0.2) is 46.6 Å². The lowest BCUT2D eigenvalue weighted by molar-refractivity contribution is 0.394. The molecule has 0 spiro atoms. The molecule has 0 bridgehead atoms. The number of hydrogen-bond donors (Lipinski definition) is 1. The molecule has 0 radical (unpaired) electrons. The second kappa shape index (κ2) is 9.83. The lowest BCUT2D eigenvalue weighted by atomic mass is 9.96. The predicted molar refractivity (Wildman–Crippen MR) is 132 cm³/mol. The van der Waals surface area contributed by atoms with Gasteiger partial charge in [0.15, 0.2) is 0 Å². The average molecular weight is 444 g/mol. The van der Waals surface area contributed by atoms with Crippen LogP contribution < -0.4 is 14.8 Å². The van der Waals surface area contributed by atoms with Crippen molar-refractivity contribution in [1.82, 2.24) is 25.1 Å². The van der Waals surface area contributed by atoms with E-state index < -0.39 is 0 Å². The molecule has 7 heteroatoms. The minimum Gasteiger partial charge on any atom is -0.497 e. The first kappa shape index (κ1) is 22.5. The molecule has 2 aromatic heterocycles. The molecule has 0 saturated heterocycles. The van der Waals surface area contributed by atoms with Crippen LogP contribution >= 0.6 is 0 Å². The van der Waals surface area contributed by atoms with Gasteiger partial charge in [0.25, 0.3) is 0 Å². The standard InChI is InChI=1S/C26H29N5O2/c1-17(2)27-9-8-23(19-10-21(32-4)13-22(11-19)33-5)18-6-7-24-25(12-18)30-26(15-28-24)20-14-29-31(3)16-20/h6-8,10-17,27H,9H2,1-5H3/b23-8+. The van der Waals surface area contributed by atoms with Gasteiger partial charge in [-0.3, -0.25) is 9.67 Å². The van der Waals surface area contributed by atoms with E-state index in [9.17, 15) is 0 Å². The Morgan fingerprint density at radius 3 is 2.39 bits per heavy atom. The van der Waals surface area contributed by atoms with Gasteiger partial charge in [-0.2, -0.15) is 5.10 Å². The molecule has 0 unspecified atom stereocenters. The fourth-order valence-corrected chi connectivity index (χ4v) is 3.63. The molecule has 0 aliphatic rings. The van der Waals surface area contributed by atoms with Crippen LogP contribution in [0.5, 0.6) is 11.5 Å². The molecular formula is C26H29N5O2. The van der Waals surface area contributed by atoms with Gasteiger partial charge in [-0.1, -0.05) is 26.0 Å². The second-order valence-corrected chi connectivity index (χ2v) is 8.14. The monoisotopic (exact) mass is 443 g/mol. The van der Waals surface area contributed by atoms with Gasteiger partial charge in [0.2, 0.25) is 0 Å². The molecule has 170 valence electrons. The van der Waals surface area contributed by atoms with Crippen molar-refractivity contribution in [2.45, 2.75) is 19.9 Å². The molecular weight excluding hydrogens is 414 g/mol. The lowest BCUT2D eigenvalue weighted by Crippen LogP contribution is -2.22. The Bertz CT molecular complexity index is 1270. The van der Waals surface area contributed by atoms with E-state index in [1.54, 1.807) is 31.3 Å². The molecule has 1 N–H and O–H groups in total. The van der Waals surface area contributed by atoms with Crippen molar-refractivity contribution in [2.24, 2.45) is 7.05 Å². The van der Waals surface area contributed by atoms with Gasteiger partial charge in [-0.25, -0.2) is 4.98 Å². The van der Waals surface area contributed by atoms with Crippen molar-refractivity contribution in [3.05, 3.63) is 72.2 Å². The normalized spacial score (nSPS) is 11.9. The Hall–Kier alpha value is -3.71. The van der Waals surface area contributed by atoms with E-state index in [1.807, 2.05) is 37.5 Å². The number of rotatable bonds is 8. The van der Waals surface area contributed by atoms with E-state index in [0.717, 1.165) is 57.0 Å². The topological polar surface area (TPSA) is 74.1 Å². The molecule has 4 aromatic rings. The van der Waals surface area contributed by atoms with Gasteiger partial charge in [0.05, 0.1) is 43.3 Å². The van der Waals surface area contributed by atoms with E-state index in [1.165, 1.54) is 0 Å². The summed E-state index contributed by atoms with van der Waals surface area (Å²) in [5.41, 5.74) is 6.51. The van der Waals surface area contributed by atoms with Crippen molar-refractivity contribution in [3.8, 4) is 22.8 Å². The van der Waals surface area contributed by atoms with E-state index >= 15 is 0 Å². The fraction of sp³-hybridized carbons (Fsp3) is 0.269. The number of aromatic nitrogens is 4. The highest BCUT2D eigenvalue weighted by molar-refractivity contribution is 5.87. The van der Waals surface area contributed by atoms with Gasteiger partial charge < -0.3 is 14.8 Å². The number of hydrogen-bond acceptors (Lipinski definition) is 6. The highest BCUT2D eigenvalue weighted by atomic mass is 16.5. The lowest BCUT2D eigenvalue weighted by Gasteiger charge is -2.14. The van der Waals surface area contributed by atoms with Gasteiger partial charge >= 0.3 is 0 Å². The number of methoxy groups -OCH3 is 2. The largest absolute Gasteiger partial charge is 0.497 e. The number of aryl methyl sites for hydroxylation is 1. The van der Waals surface area contributed by atoms with Crippen LogP contribution in [0.3, 0.4) is 0 Å². The van der Waals surface area contributed by atoms with E-state index in [4.69, 9.17) is 14.5 Å². The molecule has 33 heavy (non-hydrogen) atoms. The number of nitrogens with one attached hydrogen (secondary N) is 1. The van der Waals surface area contributed by atoms with Crippen LogP contribution in [0.15, 0.2) is 61.1 Å². The van der Waals surface area contributed by atoms with Gasteiger partial charge in [-0.15, -0.1) is 0 Å². The van der Waals surface area contributed by atoms with Crippen LogP contribution in [0, 0.1) is 0 Å². The Kier molecular flexibility index (Phi) is 6.70. The van der Waals surface area contributed by atoms with E-state index in [2.05, 4.69) is 47.5 Å². The van der Waals surface area contributed by atoms with Gasteiger partial charge in [-0.05, 0) is 41.0 Å². The predicted octanol–water partition coefficient (Wildman–Crippen LogP) is 4.48. The maximum atomic E-state index is 5.51. The SMILES string of the molecule is COc1cc(OC)cc(/C(=C/CNC(C)C)c2ccc3ncc(-c4cnn(C)c4)nc3c2)c1. The maximum Gasteiger partial charge on any atom is 0.123 e. The Morgan fingerprint density at radius 1 is 1.00 bits per heavy atom. The van der Waals surface area contributed by atoms with Crippen molar-refractivity contribution >= 4 is 16.6 Å². The Labute approximate surface area is 194 Å². The average Bonchev–Trinajstić information content (AvgIpc) is 3.26. The number of benzene rings is 2. The smallest absolute Gasteiger partial charge is 0.123 e. The summed E-state index contributed by atoms with van der Waals surface area (Å²) in [6, 6.07) is 12.5. The van der Waals surface area contributed by atoms with Crippen LogP contribution in [0.25, 0.3) is 27.9 Å². The van der Waals surface area contributed by atoms with Crippen LogP contribution in [-0.2, 0) is 7.05 Å². The first-order chi connectivity index (χ1) is 16.0. The molecule has 0 amide bonds. The third-order valence-corrected chi connectivity index (χ3v) is 5.35. The minimum absolute atomic E-state index is 0.381. The molecule has 2 heterocycles. The zero-order valence-electron chi connectivity index (χ0n) is 19.7. The van der Waals surface area contributed by atoms with Crippen molar-refractivity contribution in [2.75, 3.05) is 20.8 Å². The summed E-state index contributed by atoms with van der Waals surface area (Å²) in [7, 11) is 5.21. The highest BCUT2D eigenvalue weighted by Gasteiger charge is 2.12. The Morgan fingerprint density at radius 2 is 1.76 bits per heavy atom. The summed E-state index contributed by atoms with van der Waals surface area (Å²) in [6.45, 7) is 4.99. The van der Waals surface area contributed by atoms with Gasteiger partial charge in [0.1, 0.15) is 11.5 Å². The highest BCUT2D eigenvalue weighted by Crippen LogP contribution is 2.32. The fourth-order valence-electron chi connectivity index (χ4n) is 3.63. The zero-order valence-corrected chi connectivity index (χ0v) is 19.7. The molecule has 2 aromatic carbocycles. The van der Waals surface area contributed by atoms with Crippen LogP contribution in [0.1, 0.15) is 25.0 Å². The summed E-state index contributed by atoms with van der Waals surface area (Å²) in [5.74, 6) is 1.48. The summed E-state index contributed by atoms with van der Waals surface area (Å²) in [5, 5.41) is 7.71. The summed E-state index contributed by atoms with van der Waals surface area (Å²) in [6.07, 6.45) is 7.71. The molecule has 0 saturated carbocycles. The molecule has 7 nitrogen and oxygen atoms in total. The number of nitrogens with zero attached hydrogens (tertiary/aromatic N) is 4. The van der Waals surface area contributed by atoms with Crippen molar-refractivity contribution in [3.63, 3.8) is 0 Å². The number of fused-ring (bicyclic) bond motifs is 1. The zero-order chi connectivity index (χ0) is 23.4. The van der Waals surface area contributed by atoms with Crippen LogP contribution in [0.4, 0.5) is 0 Å². The van der Waals surface area contributed by atoms with E-state index in [0.29, 0.717) is 6.04 Å². The van der Waals surface area contributed by atoms with E-state index in [-0.39, 0.29) is 0 Å². The maximum absolute atomic E-state index is 5.51. The third-order valence-electron chi connectivity index (χ3n) is 5.35.